The quantitative estimate of drug-likeness (QED) is 0.148. The van der Waals surface area contributed by atoms with Crippen molar-refractivity contribution in [2.45, 2.75) is 39.5 Å². The van der Waals surface area contributed by atoms with Crippen LogP contribution in [0.1, 0.15) is 39.5 Å². The molecule has 0 heterocycles. The Morgan fingerprint density at radius 1 is 0.697 bits per heavy atom. The molecule has 0 atom stereocenters. The van der Waals surface area contributed by atoms with Crippen molar-refractivity contribution in [1.29, 1.82) is 0 Å². The highest BCUT2D eigenvalue weighted by atomic mass is 16.5. The van der Waals surface area contributed by atoms with Crippen molar-refractivity contribution in [2.24, 2.45) is 5.92 Å². The largest absolute Gasteiger partial charge is 0.427 e. The van der Waals surface area contributed by atoms with Crippen molar-refractivity contribution in [2.75, 3.05) is 4.90 Å². The fourth-order valence-corrected chi connectivity index (χ4v) is 3.45. The molecule has 0 saturated carbocycles. The normalized spacial score (nSPS) is 10.6. The third-order valence-electron chi connectivity index (χ3n) is 5.19. The molecular formula is C28H29NO4. The summed E-state index contributed by atoms with van der Waals surface area (Å²) in [5, 5.41) is 0. The Hall–Kier alpha value is -3.73. The summed E-state index contributed by atoms with van der Waals surface area (Å²) in [5.41, 5.74) is 3.00. The second-order valence-corrected chi connectivity index (χ2v) is 8.12. The molecule has 0 aliphatic carbocycles. The molecule has 0 radical (unpaired) electrons. The van der Waals surface area contributed by atoms with Crippen LogP contribution in [-0.2, 0) is 14.4 Å². The summed E-state index contributed by atoms with van der Waals surface area (Å²) in [6.45, 7) is 3.42. The molecule has 0 unspecified atom stereocenters. The second-order valence-electron chi connectivity index (χ2n) is 8.12. The lowest BCUT2D eigenvalue weighted by Gasteiger charge is -2.25. The summed E-state index contributed by atoms with van der Waals surface area (Å²) in [6.07, 6.45) is 1.37. The van der Waals surface area contributed by atoms with Crippen LogP contribution < -0.4 is 9.64 Å². The van der Waals surface area contributed by atoms with E-state index in [0.717, 1.165) is 17.1 Å². The van der Waals surface area contributed by atoms with Crippen molar-refractivity contribution < 1.29 is 19.1 Å². The van der Waals surface area contributed by atoms with Crippen molar-refractivity contribution in [1.82, 2.24) is 0 Å². The monoisotopic (exact) mass is 443 g/mol. The molecular weight excluding hydrogens is 414 g/mol. The first-order valence-electron chi connectivity index (χ1n) is 11.2. The number of ketones is 2. The van der Waals surface area contributed by atoms with E-state index in [1.54, 1.807) is 26.0 Å². The van der Waals surface area contributed by atoms with Crippen LogP contribution in [0, 0.1) is 5.92 Å². The maximum absolute atomic E-state index is 12.2. The van der Waals surface area contributed by atoms with Crippen LogP contribution >= 0.6 is 0 Å². The van der Waals surface area contributed by atoms with Crippen LogP contribution in [0.5, 0.6) is 5.75 Å². The third-order valence-corrected chi connectivity index (χ3v) is 5.19. The van der Waals surface area contributed by atoms with Crippen molar-refractivity contribution in [3.8, 4) is 5.75 Å². The first kappa shape index (κ1) is 23.9. The molecule has 3 aromatic rings. The van der Waals surface area contributed by atoms with E-state index >= 15 is 0 Å². The van der Waals surface area contributed by atoms with Gasteiger partial charge in [-0.2, -0.15) is 0 Å². The number of benzene rings is 3. The van der Waals surface area contributed by atoms with Gasteiger partial charge in [-0.3, -0.25) is 14.4 Å². The van der Waals surface area contributed by atoms with Crippen molar-refractivity contribution in [3.05, 3.63) is 84.9 Å². The lowest BCUT2D eigenvalue weighted by molar-refractivity contribution is -0.138. The van der Waals surface area contributed by atoms with Gasteiger partial charge in [0.1, 0.15) is 5.75 Å². The summed E-state index contributed by atoms with van der Waals surface area (Å²) in [6, 6.07) is 27.5. The zero-order valence-electron chi connectivity index (χ0n) is 19.1. The number of Topliss-reactive ketones (excluding diaryl/α,β-unsaturated/α-hetero) is 2. The van der Waals surface area contributed by atoms with Gasteiger partial charge in [-0.15, -0.1) is 0 Å². The minimum absolute atomic E-state index is 0.174. The number of anilines is 3. The molecule has 0 bridgehead atoms. The number of esters is 1. The molecule has 0 aliphatic heterocycles. The molecule has 5 heteroatoms. The van der Waals surface area contributed by atoms with Crippen LogP contribution in [0.4, 0.5) is 17.1 Å². The predicted octanol–water partition coefficient (Wildman–Crippen LogP) is 6.42. The van der Waals surface area contributed by atoms with Gasteiger partial charge in [0.2, 0.25) is 5.78 Å². The Bertz CT molecular complexity index is 1020. The molecule has 170 valence electrons. The number of rotatable bonds is 11. The summed E-state index contributed by atoms with van der Waals surface area (Å²) in [7, 11) is 0. The molecule has 33 heavy (non-hydrogen) atoms. The fraction of sp³-hybridized carbons (Fsp3) is 0.250. The van der Waals surface area contributed by atoms with Crippen LogP contribution in [0.3, 0.4) is 0 Å². The summed E-state index contributed by atoms with van der Waals surface area (Å²) < 4.78 is 5.44. The summed E-state index contributed by atoms with van der Waals surface area (Å²) in [5.74, 6) is -0.887. The number of hydrogen-bond donors (Lipinski definition) is 0. The first-order chi connectivity index (χ1) is 16.0. The number of carbonyl (C=O) groups excluding carboxylic acids is 3. The number of nitrogens with zero attached hydrogens (tertiary/aromatic N) is 1. The molecule has 0 N–H and O–H groups in total. The molecule has 0 aliphatic rings. The van der Waals surface area contributed by atoms with E-state index in [2.05, 4.69) is 4.90 Å². The zero-order chi connectivity index (χ0) is 23.6. The highest BCUT2D eigenvalue weighted by Crippen LogP contribution is 2.34. The zero-order valence-corrected chi connectivity index (χ0v) is 19.1. The Morgan fingerprint density at radius 3 is 1.70 bits per heavy atom. The highest BCUT2D eigenvalue weighted by molar-refractivity contribution is 6.37. The maximum Gasteiger partial charge on any atom is 0.311 e. The van der Waals surface area contributed by atoms with Gasteiger partial charge in [0.15, 0.2) is 5.78 Å². The average Bonchev–Trinajstić information content (AvgIpc) is 2.84. The minimum atomic E-state index is -0.365. The van der Waals surface area contributed by atoms with Gasteiger partial charge in [0, 0.05) is 35.8 Å². The lowest BCUT2D eigenvalue weighted by Crippen LogP contribution is -2.19. The Balaban J connectivity index is 1.58. The second kappa shape index (κ2) is 11.8. The van der Waals surface area contributed by atoms with E-state index in [1.165, 1.54) is 0 Å². The Labute approximate surface area is 195 Å². The van der Waals surface area contributed by atoms with Gasteiger partial charge in [0.25, 0.3) is 0 Å². The molecule has 0 amide bonds. The van der Waals surface area contributed by atoms with Crippen LogP contribution in [0.25, 0.3) is 0 Å². The molecule has 0 aromatic heterocycles. The standard InChI is InChI=1S/C28H29NO4/c1-21(2)28(32)26(30)15-9-10-16-27(31)33-25-19-17-24(18-20-25)29(22-11-5-3-6-12-22)23-13-7-4-8-14-23/h3-8,11-14,17-21H,9-10,15-16H2,1-2H3. The number of hydrogen-bond acceptors (Lipinski definition) is 5. The van der Waals surface area contributed by atoms with Gasteiger partial charge in [-0.25, -0.2) is 0 Å². The van der Waals surface area contributed by atoms with E-state index in [1.807, 2.05) is 72.8 Å². The van der Waals surface area contributed by atoms with E-state index in [-0.39, 0.29) is 36.3 Å². The topological polar surface area (TPSA) is 63.7 Å². The van der Waals surface area contributed by atoms with E-state index < -0.39 is 0 Å². The van der Waals surface area contributed by atoms with Crippen LogP contribution in [0.15, 0.2) is 84.9 Å². The molecule has 3 rings (SSSR count). The molecule has 0 fully saturated rings. The number of para-hydroxylation sites is 2. The molecule has 0 spiro atoms. The number of carbonyl (C=O) groups is 3. The predicted molar refractivity (Wildman–Crippen MR) is 130 cm³/mol. The van der Waals surface area contributed by atoms with Gasteiger partial charge < -0.3 is 9.64 Å². The maximum atomic E-state index is 12.2. The summed E-state index contributed by atoms with van der Waals surface area (Å²) in [4.78, 5) is 37.7. The molecule has 3 aromatic carbocycles. The van der Waals surface area contributed by atoms with Crippen LogP contribution in [0.2, 0.25) is 0 Å². The van der Waals surface area contributed by atoms with Gasteiger partial charge >= 0.3 is 5.97 Å². The van der Waals surface area contributed by atoms with Crippen molar-refractivity contribution in [3.63, 3.8) is 0 Å². The first-order valence-corrected chi connectivity index (χ1v) is 11.2. The van der Waals surface area contributed by atoms with E-state index in [9.17, 15) is 14.4 Å². The lowest BCUT2D eigenvalue weighted by atomic mass is 10.0. The smallest absolute Gasteiger partial charge is 0.311 e. The third kappa shape index (κ3) is 6.88. The molecule has 0 saturated heterocycles. The Kier molecular flexibility index (Phi) is 8.53. The minimum Gasteiger partial charge on any atom is -0.427 e. The fourth-order valence-electron chi connectivity index (χ4n) is 3.45. The average molecular weight is 444 g/mol. The summed E-state index contributed by atoms with van der Waals surface area (Å²) >= 11 is 0. The number of ether oxygens (including phenoxy) is 1. The number of unbranched alkanes of at least 4 members (excludes halogenated alkanes) is 1. The highest BCUT2D eigenvalue weighted by Gasteiger charge is 2.17. The molecule has 5 nitrogen and oxygen atoms in total. The van der Waals surface area contributed by atoms with Gasteiger partial charge in [-0.05, 0) is 61.4 Å². The van der Waals surface area contributed by atoms with Gasteiger partial charge in [0.05, 0.1) is 0 Å². The van der Waals surface area contributed by atoms with E-state index in [0.29, 0.717) is 18.6 Å². The van der Waals surface area contributed by atoms with Gasteiger partial charge in [-0.1, -0.05) is 50.2 Å². The SMILES string of the molecule is CC(C)C(=O)C(=O)CCCCC(=O)Oc1ccc(N(c2ccccc2)c2ccccc2)cc1. The van der Waals surface area contributed by atoms with Crippen LogP contribution in [-0.4, -0.2) is 17.5 Å². The van der Waals surface area contributed by atoms with E-state index in [4.69, 9.17) is 4.74 Å². The Morgan fingerprint density at radius 2 is 1.18 bits per heavy atom. The van der Waals surface area contributed by atoms with Crippen molar-refractivity contribution >= 4 is 34.6 Å².